The van der Waals surface area contributed by atoms with E-state index in [1.807, 2.05) is 0 Å². The van der Waals surface area contributed by atoms with Crippen molar-refractivity contribution in [1.29, 1.82) is 5.26 Å². The number of halogens is 3. The predicted molar refractivity (Wildman–Crippen MR) is 69.5 cm³/mol. The van der Waals surface area contributed by atoms with Crippen LogP contribution in [0.25, 0.3) is 0 Å². The lowest BCUT2D eigenvalue weighted by Crippen LogP contribution is -2.43. The molecule has 1 fully saturated rings. The molecular weight excluding hydrogens is 292 g/mol. The third kappa shape index (κ3) is 2.21. The van der Waals surface area contributed by atoms with Gasteiger partial charge in [0.25, 0.3) is 0 Å². The summed E-state index contributed by atoms with van der Waals surface area (Å²) in [6.07, 6.45) is 0.358. The highest BCUT2D eigenvalue weighted by Crippen LogP contribution is 2.47. The molecule has 2 rings (SSSR count). The van der Waals surface area contributed by atoms with Gasteiger partial charge in [-0.3, -0.25) is 0 Å². The molecule has 1 aliphatic rings. The number of hydrogen-bond acceptors (Lipinski definition) is 3. The molecule has 0 bridgehead atoms. The first-order chi connectivity index (χ1) is 8.84. The number of nitrogens with zero attached hydrogens (tertiary/aromatic N) is 1. The lowest BCUT2D eigenvalue weighted by atomic mass is 9.69. The zero-order valence-corrected chi connectivity index (χ0v) is 11.7. The molecule has 0 radical (unpaired) electrons. The van der Waals surface area contributed by atoms with Crippen molar-refractivity contribution in [2.24, 2.45) is 5.41 Å². The van der Waals surface area contributed by atoms with Gasteiger partial charge in [0.05, 0.1) is 17.7 Å². The minimum atomic E-state index is -1.62. The monoisotopic (exact) mass is 303 g/mol. The van der Waals surface area contributed by atoms with Crippen LogP contribution in [0, 0.1) is 22.6 Å². The van der Waals surface area contributed by atoms with E-state index in [1.54, 1.807) is 0 Å². The highest BCUT2D eigenvalue weighted by molar-refractivity contribution is 6.35. The average molecular weight is 304 g/mol. The SMILES string of the molecule is CC(O)(c1cc(F)c(Cl)cc1Cl)C1(C#N)CCOC1. The van der Waals surface area contributed by atoms with E-state index in [4.69, 9.17) is 27.9 Å². The summed E-state index contributed by atoms with van der Waals surface area (Å²) >= 11 is 11.7. The molecule has 0 aromatic heterocycles. The predicted octanol–water partition coefficient (Wildman–Crippen LogP) is 3.27. The van der Waals surface area contributed by atoms with Crippen molar-refractivity contribution in [3.63, 3.8) is 0 Å². The van der Waals surface area contributed by atoms with E-state index < -0.39 is 16.8 Å². The van der Waals surface area contributed by atoms with Crippen LogP contribution in [0.3, 0.4) is 0 Å². The minimum Gasteiger partial charge on any atom is -0.384 e. The van der Waals surface area contributed by atoms with Crippen LogP contribution in [0.15, 0.2) is 12.1 Å². The van der Waals surface area contributed by atoms with Crippen LogP contribution in [0.2, 0.25) is 10.0 Å². The fourth-order valence-electron chi connectivity index (χ4n) is 2.30. The molecule has 102 valence electrons. The molecule has 1 N–H and O–H groups in total. The third-order valence-electron chi connectivity index (χ3n) is 3.70. The quantitative estimate of drug-likeness (QED) is 0.853. The van der Waals surface area contributed by atoms with Crippen molar-refractivity contribution >= 4 is 23.2 Å². The number of benzene rings is 1. The summed E-state index contributed by atoms with van der Waals surface area (Å²) < 4.78 is 18.8. The largest absolute Gasteiger partial charge is 0.384 e. The second-order valence-electron chi connectivity index (χ2n) is 4.81. The van der Waals surface area contributed by atoms with Crippen LogP contribution in [0.4, 0.5) is 4.39 Å². The number of ether oxygens (including phenoxy) is 1. The Hall–Kier alpha value is -0.860. The van der Waals surface area contributed by atoms with E-state index in [2.05, 4.69) is 6.07 Å². The van der Waals surface area contributed by atoms with Crippen LogP contribution < -0.4 is 0 Å². The van der Waals surface area contributed by atoms with Crippen molar-refractivity contribution < 1.29 is 14.2 Å². The van der Waals surface area contributed by atoms with Gasteiger partial charge < -0.3 is 9.84 Å². The van der Waals surface area contributed by atoms with E-state index in [0.717, 1.165) is 6.07 Å². The Morgan fingerprint density at radius 2 is 2.16 bits per heavy atom. The summed E-state index contributed by atoms with van der Waals surface area (Å²) in [4.78, 5) is 0. The van der Waals surface area contributed by atoms with Gasteiger partial charge in [0.2, 0.25) is 0 Å². The molecule has 1 aliphatic heterocycles. The summed E-state index contributed by atoms with van der Waals surface area (Å²) in [6.45, 7) is 1.90. The summed E-state index contributed by atoms with van der Waals surface area (Å²) in [6, 6.07) is 4.39. The molecule has 1 heterocycles. The third-order valence-corrected chi connectivity index (χ3v) is 4.30. The molecule has 0 spiro atoms. The molecule has 2 atom stereocenters. The van der Waals surface area contributed by atoms with E-state index in [0.29, 0.717) is 13.0 Å². The normalized spacial score (nSPS) is 25.9. The first-order valence-electron chi connectivity index (χ1n) is 5.70. The highest BCUT2D eigenvalue weighted by atomic mass is 35.5. The summed E-state index contributed by atoms with van der Waals surface area (Å²) in [5.74, 6) is -0.687. The molecule has 0 amide bonds. The Morgan fingerprint density at radius 3 is 2.68 bits per heavy atom. The average Bonchev–Trinajstić information content (AvgIpc) is 2.84. The second-order valence-corrected chi connectivity index (χ2v) is 5.63. The van der Waals surface area contributed by atoms with Gasteiger partial charge in [0.15, 0.2) is 0 Å². The van der Waals surface area contributed by atoms with Crippen LogP contribution >= 0.6 is 23.2 Å². The van der Waals surface area contributed by atoms with Gasteiger partial charge in [0, 0.05) is 17.2 Å². The molecular formula is C13H12Cl2FNO2. The van der Waals surface area contributed by atoms with E-state index in [-0.39, 0.29) is 22.2 Å². The van der Waals surface area contributed by atoms with E-state index in [9.17, 15) is 14.8 Å². The Kier molecular flexibility index (Phi) is 3.76. The highest BCUT2D eigenvalue weighted by Gasteiger charge is 2.52. The molecule has 6 heteroatoms. The smallest absolute Gasteiger partial charge is 0.142 e. The van der Waals surface area contributed by atoms with Gasteiger partial charge >= 0.3 is 0 Å². The zero-order chi connectivity index (χ0) is 14.3. The Balaban J connectivity index is 2.56. The topological polar surface area (TPSA) is 53.2 Å². The van der Waals surface area contributed by atoms with Crippen molar-refractivity contribution in [3.8, 4) is 6.07 Å². The van der Waals surface area contributed by atoms with Crippen LogP contribution in [0.1, 0.15) is 18.9 Å². The molecule has 0 aliphatic carbocycles. The lowest BCUT2D eigenvalue weighted by Gasteiger charge is -2.37. The molecule has 3 nitrogen and oxygen atoms in total. The maximum Gasteiger partial charge on any atom is 0.142 e. The number of hydrogen-bond donors (Lipinski definition) is 1. The van der Waals surface area contributed by atoms with Gasteiger partial charge in [0.1, 0.15) is 16.8 Å². The Morgan fingerprint density at radius 1 is 1.47 bits per heavy atom. The molecule has 1 aromatic carbocycles. The zero-order valence-electron chi connectivity index (χ0n) is 10.2. The van der Waals surface area contributed by atoms with Crippen molar-refractivity contribution in [2.45, 2.75) is 18.9 Å². The maximum atomic E-state index is 13.6. The summed E-state index contributed by atoms with van der Waals surface area (Å²) in [7, 11) is 0. The van der Waals surface area contributed by atoms with Gasteiger partial charge in [-0.25, -0.2) is 4.39 Å². The van der Waals surface area contributed by atoms with Gasteiger partial charge in [-0.1, -0.05) is 23.2 Å². The molecule has 2 unspecified atom stereocenters. The summed E-state index contributed by atoms with van der Waals surface area (Å²) in [5.41, 5.74) is -2.62. The minimum absolute atomic E-state index is 0.0804. The first-order valence-corrected chi connectivity index (χ1v) is 6.46. The standard InChI is InChI=1S/C13H12Cl2FNO2/c1-12(18,13(6-17)2-3-19-7-13)8-4-11(16)10(15)5-9(8)14/h4-5,18H,2-3,7H2,1H3. The number of aliphatic hydroxyl groups is 1. The number of rotatable bonds is 2. The van der Waals surface area contributed by atoms with Crippen molar-refractivity contribution in [3.05, 3.63) is 33.6 Å². The summed E-state index contributed by atoms with van der Waals surface area (Å²) in [5, 5.41) is 20.1. The van der Waals surface area contributed by atoms with Gasteiger partial charge in [-0.15, -0.1) is 0 Å². The van der Waals surface area contributed by atoms with Crippen LogP contribution in [-0.4, -0.2) is 18.3 Å². The molecule has 19 heavy (non-hydrogen) atoms. The fourth-order valence-corrected chi connectivity index (χ4v) is 2.87. The van der Waals surface area contributed by atoms with Gasteiger partial charge in [-0.2, -0.15) is 5.26 Å². The van der Waals surface area contributed by atoms with Crippen LogP contribution in [-0.2, 0) is 10.3 Å². The van der Waals surface area contributed by atoms with Crippen LogP contribution in [0.5, 0.6) is 0 Å². The molecule has 1 aromatic rings. The second kappa shape index (κ2) is 4.92. The fraction of sp³-hybridized carbons (Fsp3) is 0.462. The van der Waals surface area contributed by atoms with E-state index in [1.165, 1.54) is 13.0 Å². The van der Waals surface area contributed by atoms with E-state index >= 15 is 0 Å². The maximum absolute atomic E-state index is 13.6. The van der Waals surface area contributed by atoms with Gasteiger partial charge in [-0.05, 0) is 25.5 Å². The molecule has 0 saturated carbocycles. The number of nitriles is 1. The Labute approximate surface area is 120 Å². The van der Waals surface area contributed by atoms with Crippen molar-refractivity contribution in [2.75, 3.05) is 13.2 Å². The Bertz CT molecular complexity index is 548. The van der Waals surface area contributed by atoms with Crippen molar-refractivity contribution in [1.82, 2.24) is 0 Å². The lowest BCUT2D eigenvalue weighted by molar-refractivity contribution is -0.0482. The molecule has 1 saturated heterocycles. The first kappa shape index (κ1) is 14.5.